The first-order valence-corrected chi connectivity index (χ1v) is 9.92. The molecule has 2 aromatic carbocycles. The van der Waals surface area contributed by atoms with Crippen molar-refractivity contribution in [3.8, 4) is 0 Å². The summed E-state index contributed by atoms with van der Waals surface area (Å²) < 4.78 is 0. The number of hydrogen-bond acceptors (Lipinski definition) is 2. The van der Waals surface area contributed by atoms with Gasteiger partial charge in [0.2, 0.25) is 0 Å². The molecule has 0 fully saturated rings. The fourth-order valence-electron chi connectivity index (χ4n) is 3.00. The van der Waals surface area contributed by atoms with Crippen LogP contribution in [0.25, 0.3) is 0 Å². The van der Waals surface area contributed by atoms with Gasteiger partial charge in [-0.05, 0) is 60.6 Å². The molecule has 0 saturated heterocycles. The van der Waals surface area contributed by atoms with Gasteiger partial charge in [-0.1, -0.05) is 68.4 Å². The zero-order chi connectivity index (χ0) is 18.1. The molecule has 1 heterocycles. The highest BCUT2D eigenvalue weighted by atomic mass is 32.1. The van der Waals surface area contributed by atoms with Crippen molar-refractivity contribution in [1.82, 2.24) is 5.32 Å². The average Bonchev–Trinajstić information content (AvgIpc) is 3.14. The maximum Gasteiger partial charge on any atom is 0.0439 e. The van der Waals surface area contributed by atoms with Gasteiger partial charge in [-0.25, -0.2) is 0 Å². The van der Waals surface area contributed by atoms with Crippen LogP contribution in [0.1, 0.15) is 46.9 Å². The van der Waals surface area contributed by atoms with E-state index in [0.717, 1.165) is 13.1 Å². The molecule has 0 radical (unpaired) electrons. The van der Waals surface area contributed by atoms with Gasteiger partial charge in [-0.2, -0.15) is 0 Å². The van der Waals surface area contributed by atoms with Crippen molar-refractivity contribution >= 4 is 11.3 Å². The number of thiophene rings is 1. The summed E-state index contributed by atoms with van der Waals surface area (Å²) in [5.41, 5.74) is 5.52. The van der Waals surface area contributed by atoms with Crippen LogP contribution in [0.3, 0.4) is 0 Å². The lowest BCUT2D eigenvalue weighted by Gasteiger charge is -2.21. The van der Waals surface area contributed by atoms with Crippen LogP contribution in [-0.2, 0) is 0 Å². The molecule has 0 spiro atoms. The van der Waals surface area contributed by atoms with Gasteiger partial charge in [0.25, 0.3) is 0 Å². The molecule has 0 bridgehead atoms. The van der Waals surface area contributed by atoms with E-state index in [-0.39, 0.29) is 0 Å². The normalized spacial score (nSPS) is 10.4. The summed E-state index contributed by atoms with van der Waals surface area (Å²) in [5, 5.41) is 5.28. The standard InChI is InChI=1S/C19H18S.C4H11N/c1-14-8-3-5-10-16(14)19(18-12-7-13-20-18)17-11-6-4-9-15(17)2;1-3-5-4-2/h3-13,19H,1-2H3;5H,3-4H2,1-2H3. The SMILES string of the molecule is CCNCC.Cc1ccccc1C(c1cccs1)c1ccccc1C. The van der Waals surface area contributed by atoms with E-state index in [1.807, 2.05) is 11.3 Å². The third-order valence-corrected chi connectivity index (χ3v) is 5.26. The molecule has 0 aliphatic rings. The Morgan fingerprint density at radius 1 is 0.760 bits per heavy atom. The quantitative estimate of drug-likeness (QED) is 0.580. The van der Waals surface area contributed by atoms with Crippen LogP contribution < -0.4 is 5.32 Å². The van der Waals surface area contributed by atoms with E-state index < -0.39 is 0 Å². The zero-order valence-corrected chi connectivity index (χ0v) is 16.6. The first kappa shape index (κ1) is 19.4. The van der Waals surface area contributed by atoms with Crippen molar-refractivity contribution in [2.45, 2.75) is 33.6 Å². The fraction of sp³-hybridized carbons (Fsp3) is 0.304. The van der Waals surface area contributed by atoms with E-state index in [2.05, 4.69) is 99.1 Å². The second-order valence-corrected chi connectivity index (χ2v) is 7.10. The molecular weight excluding hydrogens is 322 g/mol. The van der Waals surface area contributed by atoms with Gasteiger partial charge in [0.15, 0.2) is 0 Å². The molecule has 132 valence electrons. The lowest BCUT2D eigenvalue weighted by Crippen LogP contribution is -2.09. The predicted molar refractivity (Wildman–Crippen MR) is 112 cm³/mol. The fourth-order valence-corrected chi connectivity index (χ4v) is 3.86. The van der Waals surface area contributed by atoms with Gasteiger partial charge in [-0.3, -0.25) is 0 Å². The summed E-state index contributed by atoms with van der Waals surface area (Å²) >= 11 is 1.84. The van der Waals surface area contributed by atoms with Gasteiger partial charge >= 0.3 is 0 Å². The summed E-state index contributed by atoms with van der Waals surface area (Å²) in [5.74, 6) is 0.345. The molecule has 1 aromatic heterocycles. The summed E-state index contributed by atoms with van der Waals surface area (Å²) in [4.78, 5) is 1.41. The van der Waals surface area contributed by atoms with Crippen molar-refractivity contribution < 1.29 is 0 Å². The van der Waals surface area contributed by atoms with E-state index in [4.69, 9.17) is 0 Å². The van der Waals surface area contributed by atoms with Crippen LogP contribution in [0.5, 0.6) is 0 Å². The molecule has 3 rings (SSSR count). The van der Waals surface area contributed by atoms with Gasteiger partial charge in [0, 0.05) is 10.8 Å². The van der Waals surface area contributed by atoms with Crippen molar-refractivity contribution in [1.29, 1.82) is 0 Å². The zero-order valence-electron chi connectivity index (χ0n) is 15.8. The van der Waals surface area contributed by atoms with Crippen molar-refractivity contribution in [3.63, 3.8) is 0 Å². The highest BCUT2D eigenvalue weighted by molar-refractivity contribution is 7.10. The minimum atomic E-state index is 0.345. The van der Waals surface area contributed by atoms with E-state index >= 15 is 0 Å². The Bertz CT molecular complexity index is 699. The van der Waals surface area contributed by atoms with E-state index in [1.54, 1.807) is 0 Å². The molecule has 0 aliphatic heterocycles. The van der Waals surface area contributed by atoms with E-state index in [1.165, 1.54) is 27.1 Å². The minimum Gasteiger partial charge on any atom is -0.317 e. The van der Waals surface area contributed by atoms with Crippen LogP contribution in [0.15, 0.2) is 66.0 Å². The van der Waals surface area contributed by atoms with Crippen LogP contribution in [0.2, 0.25) is 0 Å². The number of rotatable bonds is 5. The molecule has 0 atom stereocenters. The minimum absolute atomic E-state index is 0.345. The Balaban J connectivity index is 0.000000399. The van der Waals surface area contributed by atoms with Gasteiger partial charge < -0.3 is 5.32 Å². The average molecular weight is 352 g/mol. The van der Waals surface area contributed by atoms with Crippen LogP contribution in [-0.4, -0.2) is 13.1 Å². The molecule has 0 saturated carbocycles. The third-order valence-electron chi connectivity index (χ3n) is 4.33. The molecule has 0 amide bonds. The highest BCUT2D eigenvalue weighted by Crippen LogP contribution is 2.37. The Morgan fingerprint density at radius 3 is 1.64 bits per heavy atom. The number of nitrogens with one attached hydrogen (secondary N) is 1. The van der Waals surface area contributed by atoms with Crippen molar-refractivity contribution in [2.75, 3.05) is 13.1 Å². The third kappa shape index (κ3) is 5.29. The Labute approximate surface area is 156 Å². The maximum atomic E-state index is 3.11. The number of benzene rings is 2. The molecule has 3 aromatic rings. The summed E-state index contributed by atoms with van der Waals surface area (Å²) in [7, 11) is 0. The Kier molecular flexibility index (Phi) is 7.90. The lowest BCUT2D eigenvalue weighted by atomic mass is 9.85. The maximum absolute atomic E-state index is 3.11. The van der Waals surface area contributed by atoms with Gasteiger partial charge in [-0.15, -0.1) is 11.3 Å². The molecule has 25 heavy (non-hydrogen) atoms. The molecule has 1 N–H and O–H groups in total. The summed E-state index contributed by atoms with van der Waals surface area (Å²) in [6, 6.07) is 21.8. The van der Waals surface area contributed by atoms with E-state index in [0.29, 0.717) is 5.92 Å². The second kappa shape index (κ2) is 10.2. The summed E-state index contributed by atoms with van der Waals surface area (Å²) in [6.07, 6.45) is 0. The second-order valence-electron chi connectivity index (χ2n) is 6.12. The number of aryl methyl sites for hydroxylation is 2. The monoisotopic (exact) mass is 351 g/mol. The van der Waals surface area contributed by atoms with Crippen molar-refractivity contribution in [2.24, 2.45) is 0 Å². The van der Waals surface area contributed by atoms with Crippen LogP contribution >= 0.6 is 11.3 Å². The van der Waals surface area contributed by atoms with Gasteiger partial charge in [0.1, 0.15) is 0 Å². The molecule has 0 unspecified atom stereocenters. The first-order chi connectivity index (χ1) is 12.2. The van der Waals surface area contributed by atoms with Gasteiger partial charge in [0.05, 0.1) is 0 Å². The van der Waals surface area contributed by atoms with Crippen LogP contribution in [0.4, 0.5) is 0 Å². The largest absolute Gasteiger partial charge is 0.317 e. The molecule has 1 nitrogen and oxygen atoms in total. The topological polar surface area (TPSA) is 12.0 Å². The predicted octanol–water partition coefficient (Wildman–Crippen LogP) is 6.16. The highest BCUT2D eigenvalue weighted by Gasteiger charge is 2.20. The summed E-state index contributed by atoms with van der Waals surface area (Å²) in [6.45, 7) is 10.8. The molecule has 2 heteroatoms. The smallest absolute Gasteiger partial charge is 0.0439 e. The molecular formula is C23H29NS. The van der Waals surface area contributed by atoms with E-state index in [9.17, 15) is 0 Å². The van der Waals surface area contributed by atoms with Crippen LogP contribution in [0, 0.1) is 13.8 Å². The molecule has 0 aliphatic carbocycles. The number of hydrogen-bond donors (Lipinski definition) is 1. The Morgan fingerprint density at radius 2 is 1.28 bits per heavy atom. The van der Waals surface area contributed by atoms with Crippen molar-refractivity contribution in [3.05, 3.63) is 93.2 Å². The lowest BCUT2D eigenvalue weighted by molar-refractivity contribution is 0.762. The first-order valence-electron chi connectivity index (χ1n) is 9.04. The Hall–Kier alpha value is -1.90.